The first-order valence-electron chi connectivity index (χ1n) is 5.29. The summed E-state index contributed by atoms with van der Waals surface area (Å²) in [5.41, 5.74) is 1.26. The molecule has 0 spiro atoms. The van der Waals surface area contributed by atoms with E-state index in [1.54, 1.807) is 11.5 Å². The number of hydrogen-bond acceptors (Lipinski definition) is 1. The highest BCUT2D eigenvalue weighted by Crippen LogP contribution is 2.16. The topological polar surface area (TPSA) is 41.2 Å². The SMILES string of the molecule is CCC(C)c1cc[n+](C(C)C(=O)O)cc1. The van der Waals surface area contributed by atoms with Crippen LogP contribution in [0.4, 0.5) is 0 Å². The minimum absolute atomic E-state index is 0.504. The molecule has 1 aromatic heterocycles. The molecule has 0 aliphatic carbocycles. The summed E-state index contributed by atoms with van der Waals surface area (Å²) in [5.74, 6) is -0.281. The summed E-state index contributed by atoms with van der Waals surface area (Å²) in [4.78, 5) is 10.8. The van der Waals surface area contributed by atoms with Gasteiger partial charge in [-0.15, -0.1) is 0 Å². The number of carbonyl (C=O) groups is 1. The average molecular weight is 208 g/mol. The molecule has 0 aromatic carbocycles. The van der Waals surface area contributed by atoms with Crippen molar-refractivity contribution in [2.45, 2.75) is 39.2 Å². The van der Waals surface area contributed by atoms with Crippen LogP contribution in [0.5, 0.6) is 0 Å². The van der Waals surface area contributed by atoms with Crippen molar-refractivity contribution in [3.05, 3.63) is 30.1 Å². The molecule has 0 bridgehead atoms. The Morgan fingerprint density at radius 1 is 1.40 bits per heavy atom. The van der Waals surface area contributed by atoms with Gasteiger partial charge in [0, 0.05) is 19.1 Å². The van der Waals surface area contributed by atoms with Gasteiger partial charge in [-0.25, -0.2) is 4.79 Å². The van der Waals surface area contributed by atoms with E-state index >= 15 is 0 Å². The lowest BCUT2D eigenvalue weighted by molar-refractivity contribution is -0.707. The second-order valence-electron chi connectivity index (χ2n) is 3.90. The number of nitrogens with zero attached hydrogens (tertiary/aromatic N) is 1. The molecule has 1 N–H and O–H groups in total. The fourth-order valence-electron chi connectivity index (χ4n) is 1.40. The van der Waals surface area contributed by atoms with E-state index in [9.17, 15) is 4.79 Å². The van der Waals surface area contributed by atoms with Gasteiger partial charge in [0.15, 0.2) is 12.4 Å². The molecule has 0 radical (unpaired) electrons. The van der Waals surface area contributed by atoms with Gasteiger partial charge in [-0.3, -0.25) is 0 Å². The summed E-state index contributed by atoms with van der Waals surface area (Å²) in [6.45, 7) is 5.98. The summed E-state index contributed by atoms with van der Waals surface area (Å²) >= 11 is 0. The predicted molar refractivity (Wildman–Crippen MR) is 57.7 cm³/mol. The Bertz CT molecular complexity index is 332. The van der Waals surface area contributed by atoms with Crippen molar-refractivity contribution in [1.29, 1.82) is 0 Å². The highest BCUT2D eigenvalue weighted by molar-refractivity contribution is 5.69. The molecule has 15 heavy (non-hydrogen) atoms. The van der Waals surface area contributed by atoms with E-state index in [1.807, 2.05) is 24.5 Å². The molecular formula is C12H18NO2+. The Kier molecular flexibility index (Phi) is 3.83. The van der Waals surface area contributed by atoms with E-state index in [2.05, 4.69) is 13.8 Å². The molecule has 0 fully saturated rings. The Morgan fingerprint density at radius 3 is 2.33 bits per heavy atom. The number of aliphatic carboxylic acids is 1. The van der Waals surface area contributed by atoms with Crippen LogP contribution >= 0.6 is 0 Å². The lowest BCUT2D eigenvalue weighted by Gasteiger charge is -2.08. The molecule has 1 rings (SSSR count). The molecule has 1 aromatic rings. The van der Waals surface area contributed by atoms with Crippen molar-refractivity contribution in [2.75, 3.05) is 0 Å². The van der Waals surface area contributed by atoms with E-state index in [0.717, 1.165) is 6.42 Å². The number of hydrogen-bond donors (Lipinski definition) is 1. The molecule has 3 heteroatoms. The largest absolute Gasteiger partial charge is 0.476 e. The normalized spacial score (nSPS) is 14.6. The highest BCUT2D eigenvalue weighted by atomic mass is 16.4. The Balaban J connectivity index is 2.85. The van der Waals surface area contributed by atoms with Crippen LogP contribution in [0.25, 0.3) is 0 Å². The number of rotatable bonds is 4. The third-order valence-corrected chi connectivity index (χ3v) is 2.86. The van der Waals surface area contributed by atoms with Gasteiger partial charge in [0.1, 0.15) is 0 Å². The first-order chi connectivity index (χ1) is 7.06. The molecule has 0 aliphatic rings. The molecular weight excluding hydrogens is 190 g/mol. The zero-order chi connectivity index (χ0) is 11.4. The van der Waals surface area contributed by atoms with Crippen LogP contribution in [0.15, 0.2) is 24.5 Å². The van der Waals surface area contributed by atoms with Crippen molar-refractivity contribution in [1.82, 2.24) is 0 Å². The summed E-state index contributed by atoms with van der Waals surface area (Å²) in [5, 5.41) is 8.84. The summed E-state index contributed by atoms with van der Waals surface area (Å²) < 4.78 is 1.70. The van der Waals surface area contributed by atoms with E-state index in [0.29, 0.717) is 5.92 Å². The molecule has 82 valence electrons. The maximum atomic E-state index is 10.8. The maximum absolute atomic E-state index is 10.8. The highest BCUT2D eigenvalue weighted by Gasteiger charge is 2.20. The zero-order valence-electron chi connectivity index (χ0n) is 9.47. The van der Waals surface area contributed by atoms with Crippen LogP contribution in [0.1, 0.15) is 44.7 Å². The standard InChI is InChI=1S/C12H17NO2/c1-4-9(2)11-5-7-13(8-6-11)10(3)12(14)15/h5-10H,4H2,1-3H3/p+1. The van der Waals surface area contributed by atoms with Gasteiger partial charge in [-0.2, -0.15) is 4.57 Å². The quantitative estimate of drug-likeness (QED) is 0.770. The molecule has 0 aliphatic heterocycles. The molecule has 2 unspecified atom stereocenters. The third kappa shape index (κ3) is 2.78. The van der Waals surface area contributed by atoms with Gasteiger partial charge in [0.05, 0.1) is 0 Å². The molecule has 2 atom stereocenters. The van der Waals surface area contributed by atoms with Gasteiger partial charge in [0.2, 0.25) is 0 Å². The lowest BCUT2D eigenvalue weighted by Crippen LogP contribution is -2.41. The fraction of sp³-hybridized carbons (Fsp3) is 0.500. The Labute approximate surface area is 90.4 Å². The molecule has 0 saturated heterocycles. The van der Waals surface area contributed by atoms with E-state index in [4.69, 9.17) is 5.11 Å². The summed E-state index contributed by atoms with van der Waals surface area (Å²) in [6.07, 6.45) is 4.76. The molecule has 0 amide bonds. The van der Waals surface area contributed by atoms with E-state index in [1.165, 1.54) is 5.56 Å². The van der Waals surface area contributed by atoms with Crippen molar-refractivity contribution in [3.8, 4) is 0 Å². The summed E-state index contributed by atoms with van der Waals surface area (Å²) in [6, 6.07) is 3.48. The van der Waals surface area contributed by atoms with Crippen molar-refractivity contribution < 1.29 is 14.5 Å². The maximum Gasteiger partial charge on any atom is 0.373 e. The smallest absolute Gasteiger partial charge is 0.373 e. The molecule has 3 nitrogen and oxygen atoms in total. The van der Waals surface area contributed by atoms with Crippen molar-refractivity contribution in [3.63, 3.8) is 0 Å². The molecule has 1 heterocycles. The number of carboxylic acids is 1. The van der Waals surface area contributed by atoms with Gasteiger partial charge in [-0.1, -0.05) is 13.8 Å². The predicted octanol–water partition coefficient (Wildman–Crippen LogP) is 2.13. The Hall–Kier alpha value is -1.38. The second kappa shape index (κ2) is 4.91. The third-order valence-electron chi connectivity index (χ3n) is 2.86. The van der Waals surface area contributed by atoms with Crippen LogP contribution < -0.4 is 4.57 Å². The molecule has 0 saturated carbocycles. The van der Waals surface area contributed by atoms with Gasteiger partial charge in [0.25, 0.3) is 6.04 Å². The number of aromatic nitrogens is 1. The lowest BCUT2D eigenvalue weighted by atomic mass is 10.0. The van der Waals surface area contributed by atoms with Crippen LogP contribution in [-0.2, 0) is 4.79 Å². The zero-order valence-corrected chi connectivity index (χ0v) is 9.47. The van der Waals surface area contributed by atoms with E-state index in [-0.39, 0.29) is 0 Å². The van der Waals surface area contributed by atoms with Crippen LogP contribution in [-0.4, -0.2) is 11.1 Å². The van der Waals surface area contributed by atoms with Crippen LogP contribution in [0.3, 0.4) is 0 Å². The van der Waals surface area contributed by atoms with Crippen LogP contribution in [0, 0.1) is 0 Å². The Morgan fingerprint density at radius 2 is 1.93 bits per heavy atom. The van der Waals surface area contributed by atoms with Crippen molar-refractivity contribution >= 4 is 5.97 Å². The number of pyridine rings is 1. The van der Waals surface area contributed by atoms with Gasteiger partial charge >= 0.3 is 5.97 Å². The van der Waals surface area contributed by atoms with E-state index < -0.39 is 12.0 Å². The number of carboxylic acid groups (broad SMARTS) is 1. The first kappa shape index (κ1) is 11.7. The minimum atomic E-state index is -0.809. The average Bonchev–Trinajstić information content (AvgIpc) is 2.27. The fourth-order valence-corrected chi connectivity index (χ4v) is 1.40. The van der Waals surface area contributed by atoms with Crippen LogP contribution in [0.2, 0.25) is 0 Å². The monoisotopic (exact) mass is 208 g/mol. The van der Waals surface area contributed by atoms with Gasteiger partial charge < -0.3 is 5.11 Å². The van der Waals surface area contributed by atoms with Crippen molar-refractivity contribution in [2.24, 2.45) is 0 Å². The van der Waals surface area contributed by atoms with Gasteiger partial charge in [-0.05, 0) is 17.9 Å². The summed E-state index contributed by atoms with van der Waals surface area (Å²) in [7, 11) is 0. The first-order valence-corrected chi connectivity index (χ1v) is 5.29. The second-order valence-corrected chi connectivity index (χ2v) is 3.90. The minimum Gasteiger partial charge on any atom is -0.476 e.